The van der Waals surface area contributed by atoms with Gasteiger partial charge in [-0.3, -0.25) is 14.8 Å². The molecule has 0 saturated heterocycles. The Hall–Kier alpha value is -4.15. The van der Waals surface area contributed by atoms with Crippen LogP contribution in [0.25, 0.3) is 11.0 Å². The number of aryl methyl sites for hydroxylation is 1. The second-order valence-corrected chi connectivity index (χ2v) is 13.8. The third-order valence-electron chi connectivity index (χ3n) is 10.1. The molecule has 5 N–H and O–H groups in total. The van der Waals surface area contributed by atoms with Crippen LogP contribution >= 0.6 is 0 Å². The maximum Gasteiger partial charge on any atom is 0.193 e. The highest BCUT2D eigenvalue weighted by atomic mass is 17.2. The molecule has 7 rings (SSSR count). The van der Waals surface area contributed by atoms with Crippen LogP contribution in [-0.4, -0.2) is 111 Å². The number of benzene rings is 1. The zero-order valence-electron chi connectivity index (χ0n) is 28.3. The summed E-state index contributed by atoms with van der Waals surface area (Å²) in [5.41, 5.74) is 1.47. The van der Waals surface area contributed by atoms with Crippen molar-refractivity contribution in [1.29, 1.82) is 0 Å². The largest absolute Gasteiger partial charge is 0.482 e. The smallest absolute Gasteiger partial charge is 0.193 e. The number of anilines is 1. The van der Waals surface area contributed by atoms with Crippen molar-refractivity contribution in [2.45, 2.75) is 82.2 Å². The van der Waals surface area contributed by atoms with E-state index >= 15 is 0 Å². The fourth-order valence-electron chi connectivity index (χ4n) is 7.28. The quantitative estimate of drug-likeness (QED) is 0.160. The van der Waals surface area contributed by atoms with E-state index < -0.39 is 48.8 Å². The molecular formula is C36H42N4O10. The maximum atomic E-state index is 13.3. The van der Waals surface area contributed by atoms with Gasteiger partial charge < -0.3 is 44.5 Å². The van der Waals surface area contributed by atoms with Gasteiger partial charge in [-0.15, -0.1) is 0 Å². The number of nitrogens with zero attached hydrogens (tertiary/aromatic N) is 4. The van der Waals surface area contributed by atoms with Crippen molar-refractivity contribution in [3.05, 3.63) is 80.8 Å². The predicted molar refractivity (Wildman–Crippen MR) is 184 cm³/mol. The van der Waals surface area contributed by atoms with E-state index in [1.807, 2.05) is 32.2 Å². The molecule has 6 atom stereocenters. The fraction of sp³-hybridized carbons (Fsp3) is 0.472. The minimum atomic E-state index is -2.35. The average molecular weight is 691 g/mol. The van der Waals surface area contributed by atoms with Crippen molar-refractivity contribution in [1.82, 2.24) is 4.90 Å². The van der Waals surface area contributed by atoms with Crippen molar-refractivity contribution in [2.75, 3.05) is 31.2 Å². The Morgan fingerprint density at radius 3 is 2.66 bits per heavy atom. The molecule has 14 nitrogen and oxygen atoms in total. The molecule has 0 aliphatic carbocycles. The maximum absolute atomic E-state index is 13.3. The number of hydrogen-bond acceptors (Lipinski definition) is 14. The highest BCUT2D eigenvalue weighted by molar-refractivity contribution is 5.96. The molecule has 0 amide bonds. The molecule has 6 heterocycles. The Bertz CT molecular complexity index is 1940. The van der Waals surface area contributed by atoms with Crippen LogP contribution in [0.3, 0.4) is 0 Å². The third kappa shape index (κ3) is 5.70. The van der Waals surface area contributed by atoms with Crippen LogP contribution < -0.4 is 15.1 Å². The Kier molecular flexibility index (Phi) is 8.83. The monoisotopic (exact) mass is 690 g/mol. The molecular weight excluding hydrogens is 648 g/mol. The van der Waals surface area contributed by atoms with E-state index in [0.717, 1.165) is 17.7 Å². The second kappa shape index (κ2) is 12.9. The lowest BCUT2D eigenvalue weighted by molar-refractivity contribution is -0.363. The summed E-state index contributed by atoms with van der Waals surface area (Å²) in [4.78, 5) is 37.2. The van der Waals surface area contributed by atoms with Gasteiger partial charge in [0.15, 0.2) is 16.8 Å². The molecule has 0 spiro atoms. The number of rotatable bonds is 12. The molecule has 0 bridgehead atoms. The Morgan fingerprint density at radius 1 is 1.14 bits per heavy atom. The molecule has 0 radical (unpaired) electrons. The van der Waals surface area contributed by atoms with Crippen molar-refractivity contribution in [3.63, 3.8) is 0 Å². The van der Waals surface area contributed by atoms with E-state index in [4.69, 9.17) is 18.9 Å². The normalized spacial score (nSPS) is 24.6. The predicted octanol–water partition coefficient (Wildman–Crippen LogP) is 1.56. The summed E-state index contributed by atoms with van der Waals surface area (Å²) < 4.78 is 12.9. The van der Waals surface area contributed by atoms with Gasteiger partial charge in [0.1, 0.15) is 53.7 Å². The molecule has 2 aromatic rings. The molecule has 50 heavy (non-hydrogen) atoms. The van der Waals surface area contributed by atoms with Gasteiger partial charge in [-0.2, -0.15) is 0 Å². The average Bonchev–Trinajstić information content (AvgIpc) is 3.87. The summed E-state index contributed by atoms with van der Waals surface area (Å²) in [6.07, 6.45) is 5.72. The lowest BCUT2D eigenvalue weighted by Crippen LogP contribution is -2.63. The highest BCUT2D eigenvalue weighted by Gasteiger charge is 2.49. The molecule has 5 aliphatic heterocycles. The summed E-state index contributed by atoms with van der Waals surface area (Å²) in [7, 11) is 0. The van der Waals surface area contributed by atoms with E-state index in [9.17, 15) is 30.3 Å². The van der Waals surface area contributed by atoms with E-state index in [1.165, 1.54) is 6.07 Å². The van der Waals surface area contributed by atoms with Gasteiger partial charge in [0.25, 0.3) is 0 Å². The Balaban J connectivity index is 1.15. The molecule has 1 unspecified atom stereocenters. The number of aliphatic hydroxyl groups is 5. The van der Waals surface area contributed by atoms with Crippen LogP contribution in [0.2, 0.25) is 0 Å². The van der Waals surface area contributed by atoms with Crippen molar-refractivity contribution in [2.24, 2.45) is 9.98 Å². The SMILES string of the molecule is CCC1C2=CC=NC2=CN1c1c2c(cc3c(=O)cc(C)oc13)C[C@@H](OOC[C@H](O)[C@](O)(CN1CC=C3N=CC=C31)[C@H](O)[C@H](O)CO)C(C)(C)O2. The third-order valence-corrected chi connectivity index (χ3v) is 10.1. The van der Waals surface area contributed by atoms with Crippen LogP contribution in [0.4, 0.5) is 5.69 Å². The number of allylic oxidation sites excluding steroid dienone is 2. The first-order valence-electron chi connectivity index (χ1n) is 16.8. The number of aliphatic hydroxyl groups excluding tert-OH is 4. The Morgan fingerprint density at radius 2 is 1.90 bits per heavy atom. The summed E-state index contributed by atoms with van der Waals surface area (Å²) in [5.74, 6) is 1.01. The standard InChI is InChI=1S/C36H42N4O10/c1-5-25-21-6-9-38-24(21)15-40(25)31-32-20(13-22-27(42)12-19(2)48-33(22)31)14-30(35(3,4)49-32)50-47-17-29(44)36(46,34(45)28(43)16-41)18-39-11-8-23-26(39)7-10-37-23/h6-10,12-13,15,25,28-30,34,41,43-46H,5,11,14,16-18H2,1-4H3/t25?,28-,29+,30-,34-,36-/m1/s1. The lowest BCUT2D eigenvalue weighted by atomic mass is 9.86. The van der Waals surface area contributed by atoms with Crippen LogP contribution in [0.1, 0.15) is 38.5 Å². The Labute approximate surface area is 288 Å². The van der Waals surface area contributed by atoms with Crippen LogP contribution in [-0.2, 0) is 16.2 Å². The van der Waals surface area contributed by atoms with Gasteiger partial charge in [-0.25, -0.2) is 9.78 Å². The number of fused-ring (bicyclic) bond motifs is 4. The molecule has 1 aromatic carbocycles. The minimum Gasteiger partial charge on any atom is -0.482 e. The summed E-state index contributed by atoms with van der Waals surface area (Å²) in [6, 6.07) is 3.13. The first kappa shape index (κ1) is 34.3. The highest BCUT2D eigenvalue weighted by Crippen LogP contribution is 2.49. The number of aliphatic imine (C=N–C) groups is 2. The molecule has 5 aliphatic rings. The van der Waals surface area contributed by atoms with Gasteiger partial charge in [0.05, 0.1) is 41.7 Å². The van der Waals surface area contributed by atoms with Crippen LogP contribution in [0.5, 0.6) is 5.75 Å². The first-order valence-corrected chi connectivity index (χ1v) is 16.8. The van der Waals surface area contributed by atoms with Crippen LogP contribution in [0.15, 0.2) is 78.4 Å². The zero-order chi connectivity index (χ0) is 35.5. The zero-order valence-corrected chi connectivity index (χ0v) is 28.3. The number of hydrogen-bond donors (Lipinski definition) is 5. The summed E-state index contributed by atoms with van der Waals surface area (Å²) in [6.45, 7) is 6.07. The number of β-amino-alcohol motifs (C(OH)–C–C–N with tert-alkyl or cyclic N) is 1. The van der Waals surface area contributed by atoms with E-state index in [2.05, 4.69) is 21.8 Å². The van der Waals surface area contributed by atoms with Gasteiger partial charge in [0, 0.05) is 48.8 Å². The van der Waals surface area contributed by atoms with Gasteiger partial charge in [-0.1, -0.05) is 6.92 Å². The van der Waals surface area contributed by atoms with E-state index in [1.54, 1.807) is 36.4 Å². The summed E-state index contributed by atoms with van der Waals surface area (Å²) in [5, 5.41) is 54.0. The first-order chi connectivity index (χ1) is 23.9. The fourth-order valence-corrected chi connectivity index (χ4v) is 7.28. The molecule has 266 valence electrons. The van der Waals surface area contributed by atoms with Gasteiger partial charge >= 0.3 is 0 Å². The van der Waals surface area contributed by atoms with Crippen molar-refractivity contribution >= 4 is 29.1 Å². The van der Waals surface area contributed by atoms with Gasteiger partial charge in [0.2, 0.25) is 0 Å². The van der Waals surface area contributed by atoms with Gasteiger partial charge in [-0.05, 0) is 51.5 Å². The lowest BCUT2D eigenvalue weighted by Gasteiger charge is -2.42. The van der Waals surface area contributed by atoms with Crippen molar-refractivity contribution < 1.29 is 44.5 Å². The van der Waals surface area contributed by atoms with Crippen LogP contribution in [0, 0.1) is 6.92 Å². The van der Waals surface area contributed by atoms with E-state index in [-0.39, 0.29) is 24.4 Å². The number of ether oxygens (including phenoxy) is 1. The minimum absolute atomic E-state index is 0.0580. The molecule has 1 aromatic heterocycles. The molecule has 0 fully saturated rings. The second-order valence-electron chi connectivity index (χ2n) is 13.8. The van der Waals surface area contributed by atoms with Crippen molar-refractivity contribution in [3.8, 4) is 5.75 Å². The van der Waals surface area contributed by atoms with E-state index in [0.29, 0.717) is 51.7 Å². The molecule has 14 heteroatoms. The topological polar surface area (TPSA) is 190 Å². The summed E-state index contributed by atoms with van der Waals surface area (Å²) >= 11 is 0. The molecule has 0 saturated carbocycles.